The summed E-state index contributed by atoms with van der Waals surface area (Å²) in [5.74, 6) is 0. The molecule has 96 valence electrons. The van der Waals surface area contributed by atoms with Crippen molar-refractivity contribution in [2.75, 3.05) is 13.7 Å². The van der Waals surface area contributed by atoms with E-state index in [2.05, 4.69) is 28.7 Å². The minimum atomic E-state index is 0.268. The number of methoxy groups -OCH3 is 1. The van der Waals surface area contributed by atoms with Crippen LogP contribution >= 0.6 is 0 Å². The van der Waals surface area contributed by atoms with Crippen LogP contribution in [0.3, 0.4) is 0 Å². The predicted octanol–water partition coefficient (Wildman–Crippen LogP) is 1.68. The molecule has 0 amide bonds. The Labute approximate surface area is 103 Å². The molecule has 1 aliphatic rings. The lowest BCUT2D eigenvalue weighted by atomic mass is 9.64. The smallest absolute Gasteiger partial charge is 0.0945 e. The summed E-state index contributed by atoms with van der Waals surface area (Å²) in [6.07, 6.45) is 8.39. The topological polar surface area (TPSA) is 39.1 Å². The molecule has 2 atom stereocenters. The summed E-state index contributed by atoms with van der Waals surface area (Å²) in [7, 11) is 1.81. The zero-order valence-corrected chi connectivity index (χ0v) is 11.0. The number of ether oxygens (including phenoxy) is 1. The van der Waals surface area contributed by atoms with Gasteiger partial charge < -0.3 is 14.6 Å². The first-order valence-electron chi connectivity index (χ1n) is 6.36. The van der Waals surface area contributed by atoms with Gasteiger partial charge in [-0.15, -0.1) is 0 Å². The van der Waals surface area contributed by atoms with Crippen LogP contribution in [0.2, 0.25) is 0 Å². The van der Waals surface area contributed by atoms with Crippen molar-refractivity contribution in [3.63, 3.8) is 0 Å². The van der Waals surface area contributed by atoms with Gasteiger partial charge in [0.05, 0.1) is 12.4 Å². The Morgan fingerprint density at radius 1 is 1.53 bits per heavy atom. The molecule has 1 N–H and O–H groups in total. The van der Waals surface area contributed by atoms with Gasteiger partial charge >= 0.3 is 0 Å². The Bertz CT molecular complexity index is 334. The predicted molar refractivity (Wildman–Crippen MR) is 67.8 cm³/mol. The molecule has 4 nitrogen and oxygen atoms in total. The minimum absolute atomic E-state index is 0.268. The molecule has 2 rings (SSSR count). The second-order valence-corrected chi connectivity index (χ2v) is 5.44. The highest BCUT2D eigenvalue weighted by molar-refractivity contribution is 5.02. The zero-order chi connectivity index (χ0) is 12.3. The van der Waals surface area contributed by atoms with Crippen LogP contribution in [-0.2, 0) is 11.3 Å². The van der Waals surface area contributed by atoms with Gasteiger partial charge in [-0.1, -0.05) is 13.8 Å². The number of imidazole rings is 1. The van der Waals surface area contributed by atoms with Gasteiger partial charge in [0.15, 0.2) is 0 Å². The molecular weight excluding hydrogens is 214 g/mol. The first-order valence-corrected chi connectivity index (χ1v) is 6.36. The number of nitrogens with zero attached hydrogens (tertiary/aromatic N) is 2. The number of nitrogens with one attached hydrogen (secondary N) is 1. The van der Waals surface area contributed by atoms with Gasteiger partial charge in [-0.3, -0.25) is 0 Å². The van der Waals surface area contributed by atoms with Crippen LogP contribution in [0.1, 0.15) is 26.7 Å². The zero-order valence-electron chi connectivity index (χ0n) is 11.0. The second kappa shape index (κ2) is 5.19. The van der Waals surface area contributed by atoms with Crippen molar-refractivity contribution in [1.29, 1.82) is 0 Å². The maximum absolute atomic E-state index is 5.44. The van der Waals surface area contributed by atoms with Crippen LogP contribution in [0.15, 0.2) is 18.7 Å². The highest BCUT2D eigenvalue weighted by Crippen LogP contribution is 2.42. The average molecular weight is 237 g/mol. The molecule has 1 heterocycles. The third-order valence-electron chi connectivity index (χ3n) is 4.01. The molecule has 4 heteroatoms. The van der Waals surface area contributed by atoms with E-state index < -0.39 is 0 Å². The van der Waals surface area contributed by atoms with Gasteiger partial charge in [0, 0.05) is 37.5 Å². The third-order valence-corrected chi connectivity index (χ3v) is 4.01. The number of aromatic nitrogens is 2. The highest BCUT2D eigenvalue weighted by atomic mass is 16.5. The van der Waals surface area contributed by atoms with Gasteiger partial charge in [-0.25, -0.2) is 4.98 Å². The van der Waals surface area contributed by atoms with Crippen LogP contribution in [0, 0.1) is 5.41 Å². The van der Waals surface area contributed by atoms with E-state index in [0.29, 0.717) is 12.1 Å². The molecule has 1 fully saturated rings. The number of aryl methyl sites for hydroxylation is 1. The minimum Gasteiger partial charge on any atom is -0.381 e. The SMILES string of the molecule is COC1CC(NCCCn2ccnc2)C1(C)C. The number of hydrogen-bond donors (Lipinski definition) is 1. The highest BCUT2D eigenvalue weighted by Gasteiger charge is 2.47. The summed E-state index contributed by atoms with van der Waals surface area (Å²) < 4.78 is 7.56. The molecule has 0 aliphatic heterocycles. The van der Waals surface area contributed by atoms with E-state index in [1.807, 2.05) is 25.8 Å². The molecule has 1 aliphatic carbocycles. The van der Waals surface area contributed by atoms with Crippen molar-refractivity contribution in [3.8, 4) is 0 Å². The number of rotatable bonds is 6. The largest absolute Gasteiger partial charge is 0.381 e. The van der Waals surface area contributed by atoms with Crippen molar-refractivity contribution >= 4 is 0 Å². The Hall–Kier alpha value is -0.870. The Morgan fingerprint density at radius 3 is 2.94 bits per heavy atom. The Kier molecular flexibility index (Phi) is 3.84. The second-order valence-electron chi connectivity index (χ2n) is 5.44. The summed E-state index contributed by atoms with van der Waals surface area (Å²) in [5.41, 5.74) is 0.268. The summed E-state index contributed by atoms with van der Waals surface area (Å²) in [6.45, 7) is 6.65. The third kappa shape index (κ3) is 2.69. The molecule has 0 spiro atoms. The van der Waals surface area contributed by atoms with Crippen LogP contribution in [-0.4, -0.2) is 35.4 Å². The van der Waals surface area contributed by atoms with Crippen molar-refractivity contribution in [2.45, 2.75) is 45.4 Å². The quantitative estimate of drug-likeness (QED) is 0.765. The van der Waals surface area contributed by atoms with Crippen LogP contribution in [0.25, 0.3) is 0 Å². The summed E-state index contributed by atoms with van der Waals surface area (Å²) in [6, 6.07) is 0.593. The standard InChI is InChI=1S/C13H23N3O/c1-13(2)11(9-12(13)17-3)15-5-4-7-16-8-6-14-10-16/h6,8,10-12,15H,4-5,7,9H2,1-3H3. The maximum atomic E-state index is 5.44. The monoisotopic (exact) mass is 237 g/mol. The fourth-order valence-corrected chi connectivity index (χ4v) is 2.59. The van der Waals surface area contributed by atoms with E-state index in [4.69, 9.17) is 4.74 Å². The van der Waals surface area contributed by atoms with Crippen molar-refractivity contribution in [2.24, 2.45) is 5.41 Å². The first-order chi connectivity index (χ1) is 8.14. The van der Waals surface area contributed by atoms with Crippen LogP contribution in [0.4, 0.5) is 0 Å². The summed E-state index contributed by atoms with van der Waals surface area (Å²) >= 11 is 0. The Balaban J connectivity index is 1.63. The molecule has 0 bridgehead atoms. The van der Waals surface area contributed by atoms with E-state index in [1.165, 1.54) is 0 Å². The van der Waals surface area contributed by atoms with Gasteiger partial charge in [-0.05, 0) is 19.4 Å². The van der Waals surface area contributed by atoms with Gasteiger partial charge in [0.25, 0.3) is 0 Å². The average Bonchev–Trinajstić information content (AvgIpc) is 2.80. The molecule has 1 aromatic heterocycles. The first kappa shape index (κ1) is 12.6. The molecule has 1 saturated carbocycles. The van der Waals surface area contributed by atoms with Gasteiger partial charge in [0.2, 0.25) is 0 Å². The van der Waals surface area contributed by atoms with E-state index >= 15 is 0 Å². The lowest BCUT2D eigenvalue weighted by molar-refractivity contribution is -0.0973. The van der Waals surface area contributed by atoms with Crippen molar-refractivity contribution in [3.05, 3.63) is 18.7 Å². The Morgan fingerprint density at radius 2 is 2.35 bits per heavy atom. The van der Waals surface area contributed by atoms with Crippen molar-refractivity contribution < 1.29 is 4.74 Å². The molecule has 1 aromatic rings. The normalized spacial score (nSPS) is 26.8. The lowest BCUT2D eigenvalue weighted by Gasteiger charge is -2.51. The van der Waals surface area contributed by atoms with E-state index in [1.54, 1.807) is 0 Å². The molecular formula is C13H23N3O. The molecule has 17 heavy (non-hydrogen) atoms. The van der Waals surface area contributed by atoms with E-state index in [9.17, 15) is 0 Å². The van der Waals surface area contributed by atoms with E-state index in [0.717, 1.165) is 25.9 Å². The summed E-state index contributed by atoms with van der Waals surface area (Å²) in [5, 5.41) is 3.62. The van der Waals surface area contributed by atoms with E-state index in [-0.39, 0.29) is 5.41 Å². The van der Waals surface area contributed by atoms with Crippen molar-refractivity contribution in [1.82, 2.24) is 14.9 Å². The fourth-order valence-electron chi connectivity index (χ4n) is 2.59. The molecule has 0 radical (unpaired) electrons. The fraction of sp³-hybridized carbons (Fsp3) is 0.769. The van der Waals surface area contributed by atoms with Gasteiger partial charge in [-0.2, -0.15) is 0 Å². The maximum Gasteiger partial charge on any atom is 0.0945 e. The van der Waals surface area contributed by atoms with Crippen LogP contribution < -0.4 is 5.32 Å². The number of hydrogen-bond acceptors (Lipinski definition) is 3. The van der Waals surface area contributed by atoms with Crippen LogP contribution in [0.5, 0.6) is 0 Å². The lowest BCUT2D eigenvalue weighted by Crippen LogP contribution is -2.60. The van der Waals surface area contributed by atoms with Gasteiger partial charge in [0.1, 0.15) is 0 Å². The molecule has 2 unspecified atom stereocenters. The summed E-state index contributed by atoms with van der Waals surface area (Å²) in [4.78, 5) is 4.03. The molecule has 0 saturated heterocycles. The molecule has 0 aromatic carbocycles.